The maximum Gasteiger partial charge on any atom is 0.310 e. The van der Waals surface area contributed by atoms with Gasteiger partial charge in [0.1, 0.15) is 11.6 Å². The van der Waals surface area contributed by atoms with Crippen LogP contribution < -0.4 is 5.73 Å². The van der Waals surface area contributed by atoms with Crippen molar-refractivity contribution in [3.05, 3.63) is 18.0 Å². The van der Waals surface area contributed by atoms with E-state index in [0.717, 1.165) is 5.52 Å². The van der Waals surface area contributed by atoms with Gasteiger partial charge < -0.3 is 15.8 Å². The average molecular weight is 262 g/mol. The quantitative estimate of drug-likeness (QED) is 0.764. The minimum absolute atomic E-state index is 0.367. The Bertz CT molecular complexity index is 602. The number of carboxylic acid groups (broad SMARTS) is 1. The number of carbonyl (C=O) groups is 1. The minimum atomic E-state index is -0.787. The van der Waals surface area contributed by atoms with Gasteiger partial charge >= 0.3 is 5.97 Å². The Hall–Kier alpha value is -2.11. The van der Waals surface area contributed by atoms with Gasteiger partial charge in [-0.15, -0.1) is 0 Å². The van der Waals surface area contributed by atoms with E-state index in [2.05, 4.69) is 15.0 Å². The summed E-state index contributed by atoms with van der Waals surface area (Å²) in [5.74, 6) is 0.255. The van der Waals surface area contributed by atoms with E-state index in [4.69, 9.17) is 5.73 Å². The fourth-order valence-corrected chi connectivity index (χ4v) is 2.24. The Morgan fingerprint density at radius 2 is 2.05 bits per heavy atom. The molecule has 0 bridgehead atoms. The van der Waals surface area contributed by atoms with Crippen molar-refractivity contribution in [3.63, 3.8) is 0 Å². The fraction of sp³-hybridized carbons (Fsp3) is 0.462. The van der Waals surface area contributed by atoms with E-state index < -0.39 is 11.4 Å². The summed E-state index contributed by atoms with van der Waals surface area (Å²) in [5.41, 5.74) is 6.13. The van der Waals surface area contributed by atoms with Crippen LogP contribution in [0.5, 0.6) is 0 Å². The predicted octanol–water partition coefficient (Wildman–Crippen LogP) is 1.97. The summed E-state index contributed by atoms with van der Waals surface area (Å²) in [6.45, 7) is 3.77. The molecule has 0 unspecified atom stereocenters. The van der Waals surface area contributed by atoms with Crippen LogP contribution in [0.3, 0.4) is 0 Å². The van der Waals surface area contributed by atoms with Crippen LogP contribution in [-0.4, -0.2) is 26.0 Å². The summed E-state index contributed by atoms with van der Waals surface area (Å²) in [7, 11) is 0. The van der Waals surface area contributed by atoms with Crippen molar-refractivity contribution in [2.45, 2.75) is 33.1 Å². The Morgan fingerprint density at radius 3 is 2.63 bits per heavy atom. The third-order valence-electron chi connectivity index (χ3n) is 3.73. The molecule has 0 saturated heterocycles. The lowest BCUT2D eigenvalue weighted by molar-refractivity contribution is -0.149. The van der Waals surface area contributed by atoms with Gasteiger partial charge in [-0.3, -0.25) is 4.79 Å². The highest BCUT2D eigenvalue weighted by Gasteiger charge is 2.36. The minimum Gasteiger partial charge on any atom is -0.481 e. The zero-order valence-electron chi connectivity index (χ0n) is 11.1. The number of pyridine rings is 1. The normalized spacial score (nSPS) is 11.9. The molecule has 6 heteroatoms. The van der Waals surface area contributed by atoms with E-state index in [1.54, 1.807) is 12.1 Å². The number of nitrogens with zero attached hydrogens (tertiary/aromatic N) is 2. The lowest BCUT2D eigenvalue weighted by Crippen LogP contribution is -2.32. The Labute approximate surface area is 111 Å². The third kappa shape index (κ3) is 2.38. The van der Waals surface area contributed by atoms with E-state index >= 15 is 0 Å². The molecule has 19 heavy (non-hydrogen) atoms. The molecule has 0 aliphatic heterocycles. The molecule has 0 aliphatic rings. The first-order valence-corrected chi connectivity index (χ1v) is 6.35. The smallest absolute Gasteiger partial charge is 0.310 e. The summed E-state index contributed by atoms with van der Waals surface area (Å²) in [4.78, 5) is 23.0. The lowest BCUT2D eigenvalue weighted by atomic mass is 9.79. The van der Waals surface area contributed by atoms with Crippen molar-refractivity contribution >= 4 is 23.0 Å². The number of nitrogen functional groups attached to an aromatic ring is 1. The van der Waals surface area contributed by atoms with Gasteiger partial charge in [0, 0.05) is 6.42 Å². The molecule has 0 aliphatic carbocycles. The monoisotopic (exact) mass is 262 g/mol. The number of carboxylic acids is 1. The van der Waals surface area contributed by atoms with Crippen LogP contribution >= 0.6 is 0 Å². The van der Waals surface area contributed by atoms with E-state index in [0.29, 0.717) is 36.6 Å². The largest absolute Gasteiger partial charge is 0.481 e. The first-order valence-electron chi connectivity index (χ1n) is 6.35. The van der Waals surface area contributed by atoms with E-state index in [-0.39, 0.29) is 0 Å². The number of nitrogens with two attached hydrogens (primary N) is 1. The third-order valence-corrected chi connectivity index (χ3v) is 3.73. The number of rotatable bonds is 5. The fourth-order valence-electron chi connectivity index (χ4n) is 2.24. The zero-order chi connectivity index (χ0) is 14.0. The number of imidazole rings is 1. The van der Waals surface area contributed by atoms with Gasteiger partial charge in [-0.05, 0) is 25.0 Å². The van der Waals surface area contributed by atoms with Crippen LogP contribution in [0.2, 0.25) is 0 Å². The van der Waals surface area contributed by atoms with Crippen LogP contribution in [0.4, 0.5) is 5.82 Å². The molecular weight excluding hydrogens is 244 g/mol. The number of aromatic nitrogens is 3. The molecule has 4 N–H and O–H groups in total. The maximum atomic E-state index is 11.5. The van der Waals surface area contributed by atoms with Gasteiger partial charge in [-0.2, -0.15) is 0 Å². The second-order valence-corrected chi connectivity index (χ2v) is 4.76. The zero-order valence-corrected chi connectivity index (χ0v) is 11.1. The van der Waals surface area contributed by atoms with E-state index in [9.17, 15) is 9.90 Å². The molecule has 6 nitrogen and oxygen atoms in total. The van der Waals surface area contributed by atoms with Crippen molar-refractivity contribution in [1.29, 1.82) is 0 Å². The number of aliphatic carboxylic acids is 1. The van der Waals surface area contributed by atoms with Gasteiger partial charge in [0.15, 0.2) is 5.65 Å². The number of anilines is 1. The molecule has 2 aromatic heterocycles. The molecule has 2 heterocycles. The first-order chi connectivity index (χ1) is 9.00. The number of aromatic amines is 1. The van der Waals surface area contributed by atoms with Crippen molar-refractivity contribution in [2.24, 2.45) is 5.41 Å². The van der Waals surface area contributed by atoms with Crippen LogP contribution in [0.15, 0.2) is 12.1 Å². The second kappa shape index (κ2) is 4.87. The van der Waals surface area contributed by atoms with Crippen LogP contribution in [0.25, 0.3) is 11.2 Å². The predicted molar refractivity (Wildman–Crippen MR) is 72.7 cm³/mol. The van der Waals surface area contributed by atoms with Gasteiger partial charge in [-0.1, -0.05) is 13.8 Å². The van der Waals surface area contributed by atoms with Gasteiger partial charge in [0.05, 0.1) is 10.9 Å². The molecule has 0 amide bonds. The van der Waals surface area contributed by atoms with Gasteiger partial charge in [0.2, 0.25) is 0 Å². The molecule has 0 radical (unpaired) electrons. The standard InChI is InChI=1S/C13H18N4O2/c1-3-13(4-2,12(18)19)7-10-15-8-5-6-9(14)16-11(8)17-10/h5-6H,3-4,7H2,1-2H3,(H,18,19)(H3,14,15,16,17). The Balaban J connectivity index is 2.36. The highest BCUT2D eigenvalue weighted by Crippen LogP contribution is 2.31. The molecule has 2 rings (SSSR count). The molecule has 102 valence electrons. The number of nitrogens with one attached hydrogen (secondary N) is 1. The lowest BCUT2D eigenvalue weighted by Gasteiger charge is -2.25. The highest BCUT2D eigenvalue weighted by molar-refractivity contribution is 5.76. The van der Waals surface area contributed by atoms with Gasteiger partial charge in [0.25, 0.3) is 0 Å². The molecule has 2 aromatic rings. The second-order valence-electron chi connectivity index (χ2n) is 4.76. The molecule has 0 spiro atoms. The molecular formula is C13H18N4O2. The summed E-state index contributed by atoms with van der Waals surface area (Å²) >= 11 is 0. The Kier molecular flexibility index (Phi) is 3.42. The maximum absolute atomic E-state index is 11.5. The van der Waals surface area contributed by atoms with Crippen molar-refractivity contribution < 1.29 is 9.90 Å². The van der Waals surface area contributed by atoms with Crippen LogP contribution in [-0.2, 0) is 11.2 Å². The summed E-state index contributed by atoms with van der Waals surface area (Å²) in [6, 6.07) is 3.49. The number of hydrogen-bond acceptors (Lipinski definition) is 4. The van der Waals surface area contributed by atoms with Crippen molar-refractivity contribution in [2.75, 3.05) is 5.73 Å². The molecule has 0 fully saturated rings. The van der Waals surface area contributed by atoms with E-state index in [1.807, 2.05) is 13.8 Å². The van der Waals surface area contributed by atoms with Crippen LogP contribution in [0.1, 0.15) is 32.5 Å². The van der Waals surface area contributed by atoms with E-state index in [1.165, 1.54) is 0 Å². The summed E-state index contributed by atoms with van der Waals surface area (Å²) < 4.78 is 0. The highest BCUT2D eigenvalue weighted by atomic mass is 16.4. The van der Waals surface area contributed by atoms with Crippen LogP contribution in [0, 0.1) is 5.41 Å². The number of fused-ring (bicyclic) bond motifs is 1. The number of H-pyrrole nitrogens is 1. The summed E-state index contributed by atoms with van der Waals surface area (Å²) in [5, 5.41) is 9.43. The molecule has 0 aromatic carbocycles. The SMILES string of the molecule is CCC(CC)(Cc1nc2nc(N)ccc2[nH]1)C(=O)O. The van der Waals surface area contributed by atoms with Crippen molar-refractivity contribution in [3.8, 4) is 0 Å². The molecule has 0 saturated carbocycles. The summed E-state index contributed by atoms with van der Waals surface area (Å²) in [6.07, 6.45) is 1.49. The molecule has 0 atom stereocenters. The Morgan fingerprint density at radius 1 is 1.37 bits per heavy atom. The van der Waals surface area contributed by atoms with Crippen molar-refractivity contribution in [1.82, 2.24) is 15.0 Å². The average Bonchev–Trinajstić information content (AvgIpc) is 2.77. The topological polar surface area (TPSA) is 105 Å². The van der Waals surface area contributed by atoms with Gasteiger partial charge in [-0.25, -0.2) is 9.97 Å². The number of hydrogen-bond donors (Lipinski definition) is 3. The first kappa shape index (κ1) is 13.3.